The number of carbonyl (C=O) groups excluding carboxylic acids is 1. The van der Waals surface area contributed by atoms with E-state index >= 15 is 0 Å². The summed E-state index contributed by atoms with van der Waals surface area (Å²) in [6.07, 6.45) is 3.56. The topological polar surface area (TPSA) is 56.7 Å². The van der Waals surface area contributed by atoms with Crippen LogP contribution in [0.2, 0.25) is 5.02 Å². The molecule has 3 fully saturated rings. The predicted octanol–water partition coefficient (Wildman–Crippen LogP) is 2.90. The number of guanidine groups is 1. The SMILES string of the molecule is CCN=C(NC1CC1c1c(F)cccc1Cl)N1CCCC2(CNC(=O)C2)C1. The van der Waals surface area contributed by atoms with Gasteiger partial charge in [0.05, 0.1) is 0 Å². The lowest BCUT2D eigenvalue weighted by atomic mass is 9.79. The van der Waals surface area contributed by atoms with Crippen molar-refractivity contribution < 1.29 is 9.18 Å². The van der Waals surface area contributed by atoms with Gasteiger partial charge >= 0.3 is 0 Å². The average Bonchev–Trinajstić information content (AvgIpc) is 3.29. The van der Waals surface area contributed by atoms with Crippen LogP contribution in [0.5, 0.6) is 0 Å². The van der Waals surface area contributed by atoms with Gasteiger partial charge in [0.1, 0.15) is 5.82 Å². The standard InChI is InChI=1S/C20H26ClFN4O/c1-2-23-19(26-8-4-7-20(12-26)10-17(27)24-11-20)25-16-9-13(16)18-14(21)5-3-6-15(18)22/h3,5-6,13,16H,2,4,7-12H2,1H3,(H,23,25)(H,24,27). The molecule has 2 heterocycles. The highest BCUT2D eigenvalue weighted by Crippen LogP contribution is 2.45. The summed E-state index contributed by atoms with van der Waals surface area (Å²) in [6.45, 7) is 5.20. The molecule has 0 radical (unpaired) electrons. The molecule has 1 aliphatic carbocycles. The quantitative estimate of drug-likeness (QED) is 0.614. The number of carbonyl (C=O) groups is 1. The van der Waals surface area contributed by atoms with Crippen LogP contribution in [0.15, 0.2) is 23.2 Å². The maximum Gasteiger partial charge on any atom is 0.220 e. The fourth-order valence-electron chi connectivity index (χ4n) is 4.52. The lowest BCUT2D eigenvalue weighted by Gasteiger charge is -2.41. The molecule has 2 aliphatic heterocycles. The van der Waals surface area contributed by atoms with Gasteiger partial charge in [0.25, 0.3) is 0 Å². The van der Waals surface area contributed by atoms with Crippen LogP contribution in [-0.2, 0) is 4.79 Å². The zero-order valence-electron chi connectivity index (χ0n) is 15.6. The number of halogens is 2. The number of nitrogens with zero attached hydrogens (tertiary/aromatic N) is 2. The molecule has 3 atom stereocenters. The van der Waals surface area contributed by atoms with Crippen molar-refractivity contribution >= 4 is 23.5 Å². The van der Waals surface area contributed by atoms with Gasteiger partial charge in [-0.3, -0.25) is 9.79 Å². The molecule has 1 aromatic rings. The Balaban J connectivity index is 1.45. The molecule has 27 heavy (non-hydrogen) atoms. The van der Waals surface area contributed by atoms with E-state index in [-0.39, 0.29) is 29.1 Å². The molecule has 2 saturated heterocycles. The van der Waals surface area contributed by atoms with Gasteiger partial charge in [0, 0.05) is 60.6 Å². The predicted molar refractivity (Wildman–Crippen MR) is 105 cm³/mol. The Bertz CT molecular complexity index is 750. The number of hydrogen-bond acceptors (Lipinski definition) is 2. The fraction of sp³-hybridized carbons (Fsp3) is 0.600. The van der Waals surface area contributed by atoms with E-state index in [2.05, 4.69) is 20.5 Å². The third-order valence-electron chi connectivity index (χ3n) is 5.94. The number of benzene rings is 1. The van der Waals surface area contributed by atoms with Gasteiger partial charge < -0.3 is 15.5 Å². The first kappa shape index (κ1) is 18.5. The Labute approximate surface area is 164 Å². The first-order valence-corrected chi connectivity index (χ1v) is 10.2. The van der Waals surface area contributed by atoms with Gasteiger partial charge in [-0.05, 0) is 38.3 Å². The van der Waals surface area contributed by atoms with E-state index in [1.165, 1.54) is 6.07 Å². The van der Waals surface area contributed by atoms with Crippen molar-refractivity contribution in [1.82, 2.24) is 15.5 Å². The zero-order valence-corrected chi connectivity index (χ0v) is 16.4. The van der Waals surface area contributed by atoms with Crippen molar-refractivity contribution in [2.45, 2.75) is 44.6 Å². The van der Waals surface area contributed by atoms with Crippen LogP contribution in [0, 0.1) is 11.2 Å². The molecule has 2 N–H and O–H groups in total. The number of nitrogens with one attached hydrogen (secondary N) is 2. The van der Waals surface area contributed by atoms with Crippen LogP contribution >= 0.6 is 11.6 Å². The number of amides is 1. The van der Waals surface area contributed by atoms with Crippen molar-refractivity contribution in [3.63, 3.8) is 0 Å². The first-order valence-electron chi connectivity index (χ1n) is 9.78. The van der Waals surface area contributed by atoms with E-state index in [0.29, 0.717) is 23.6 Å². The Morgan fingerprint density at radius 3 is 3.07 bits per heavy atom. The van der Waals surface area contributed by atoms with Crippen molar-refractivity contribution in [2.24, 2.45) is 10.4 Å². The number of rotatable bonds is 3. The zero-order chi connectivity index (χ0) is 19.0. The van der Waals surface area contributed by atoms with Crippen LogP contribution in [0.25, 0.3) is 0 Å². The van der Waals surface area contributed by atoms with Crippen LogP contribution < -0.4 is 10.6 Å². The van der Waals surface area contributed by atoms with Gasteiger partial charge in [-0.1, -0.05) is 17.7 Å². The minimum atomic E-state index is -0.238. The minimum Gasteiger partial charge on any atom is -0.355 e. The third kappa shape index (κ3) is 3.77. The van der Waals surface area contributed by atoms with Crippen molar-refractivity contribution in [3.8, 4) is 0 Å². The van der Waals surface area contributed by atoms with E-state index in [1.54, 1.807) is 12.1 Å². The second-order valence-electron chi connectivity index (χ2n) is 8.00. The normalized spacial score (nSPS) is 30.6. The molecule has 3 unspecified atom stereocenters. The molecular formula is C20H26ClFN4O. The molecule has 1 spiro atoms. The Morgan fingerprint density at radius 1 is 1.52 bits per heavy atom. The van der Waals surface area contributed by atoms with Crippen LogP contribution in [0.1, 0.15) is 44.1 Å². The number of hydrogen-bond donors (Lipinski definition) is 2. The second kappa shape index (κ2) is 7.30. The van der Waals surface area contributed by atoms with E-state index in [9.17, 15) is 9.18 Å². The van der Waals surface area contributed by atoms with E-state index in [1.807, 2.05) is 6.92 Å². The molecule has 1 saturated carbocycles. The Hall–Kier alpha value is -1.82. The molecular weight excluding hydrogens is 367 g/mol. The Morgan fingerprint density at radius 2 is 2.37 bits per heavy atom. The summed E-state index contributed by atoms with van der Waals surface area (Å²) in [5, 5.41) is 7.00. The van der Waals surface area contributed by atoms with Crippen LogP contribution in [-0.4, -0.2) is 49.0 Å². The smallest absolute Gasteiger partial charge is 0.220 e. The molecule has 0 bridgehead atoms. The summed E-state index contributed by atoms with van der Waals surface area (Å²) in [4.78, 5) is 18.7. The van der Waals surface area contributed by atoms with Gasteiger partial charge in [-0.25, -0.2) is 4.39 Å². The molecule has 3 aliphatic rings. The fourth-order valence-corrected chi connectivity index (χ4v) is 4.82. The molecule has 0 aromatic heterocycles. The van der Waals surface area contributed by atoms with Crippen molar-refractivity contribution in [3.05, 3.63) is 34.6 Å². The van der Waals surface area contributed by atoms with E-state index < -0.39 is 0 Å². The van der Waals surface area contributed by atoms with Gasteiger partial charge in [0.2, 0.25) is 5.91 Å². The highest BCUT2D eigenvalue weighted by molar-refractivity contribution is 6.31. The average molecular weight is 393 g/mol. The van der Waals surface area contributed by atoms with Crippen LogP contribution in [0.3, 0.4) is 0 Å². The highest BCUT2D eigenvalue weighted by Gasteiger charge is 2.45. The molecule has 7 heteroatoms. The lowest BCUT2D eigenvalue weighted by molar-refractivity contribution is -0.119. The molecule has 1 aromatic carbocycles. The highest BCUT2D eigenvalue weighted by atomic mass is 35.5. The summed E-state index contributed by atoms with van der Waals surface area (Å²) in [5.41, 5.74) is 0.622. The summed E-state index contributed by atoms with van der Waals surface area (Å²) in [5.74, 6) is 0.860. The van der Waals surface area contributed by atoms with E-state index in [0.717, 1.165) is 44.9 Å². The maximum atomic E-state index is 14.2. The van der Waals surface area contributed by atoms with Crippen LogP contribution in [0.4, 0.5) is 4.39 Å². The van der Waals surface area contributed by atoms with E-state index in [4.69, 9.17) is 11.6 Å². The Kier molecular flexibility index (Phi) is 5.01. The molecule has 4 rings (SSSR count). The third-order valence-corrected chi connectivity index (χ3v) is 6.27. The summed E-state index contributed by atoms with van der Waals surface area (Å²) in [6, 6.07) is 5.00. The van der Waals surface area contributed by atoms with Crippen molar-refractivity contribution in [2.75, 3.05) is 26.2 Å². The summed E-state index contributed by atoms with van der Waals surface area (Å²) < 4.78 is 14.2. The molecule has 1 amide bonds. The van der Waals surface area contributed by atoms with Gasteiger partial charge in [-0.2, -0.15) is 0 Å². The maximum absolute atomic E-state index is 14.2. The number of aliphatic imine (C=N–C) groups is 1. The first-order chi connectivity index (χ1) is 13.0. The monoisotopic (exact) mass is 392 g/mol. The minimum absolute atomic E-state index is 0.0172. The summed E-state index contributed by atoms with van der Waals surface area (Å²) >= 11 is 6.22. The molecule has 5 nitrogen and oxygen atoms in total. The summed E-state index contributed by atoms with van der Waals surface area (Å²) in [7, 11) is 0. The molecule has 146 valence electrons. The number of piperidine rings is 1. The number of likely N-dealkylation sites (tertiary alicyclic amines) is 1. The van der Waals surface area contributed by atoms with Crippen molar-refractivity contribution in [1.29, 1.82) is 0 Å². The van der Waals surface area contributed by atoms with Gasteiger partial charge in [0.15, 0.2) is 5.96 Å². The lowest BCUT2D eigenvalue weighted by Crippen LogP contribution is -2.52. The van der Waals surface area contributed by atoms with Gasteiger partial charge in [-0.15, -0.1) is 0 Å². The second-order valence-corrected chi connectivity index (χ2v) is 8.41. The largest absolute Gasteiger partial charge is 0.355 e.